The highest BCUT2D eigenvalue weighted by molar-refractivity contribution is 9.10. The van der Waals surface area contributed by atoms with Crippen LogP contribution in [0.5, 0.6) is 0 Å². The van der Waals surface area contributed by atoms with Crippen LogP contribution in [0.1, 0.15) is 17.0 Å². The van der Waals surface area contributed by atoms with Crippen LogP contribution in [0, 0.1) is 13.8 Å². The molecule has 0 amide bonds. The Morgan fingerprint density at radius 3 is 2.81 bits per heavy atom. The Bertz CT molecular complexity index is 496. The van der Waals surface area contributed by atoms with Crippen molar-refractivity contribution in [2.24, 2.45) is 0 Å². The Labute approximate surface area is 102 Å². The third kappa shape index (κ3) is 2.61. The molecule has 0 bridgehead atoms. The fourth-order valence-corrected chi connectivity index (χ4v) is 1.94. The molecule has 0 saturated heterocycles. The molecule has 84 valence electrons. The van der Waals surface area contributed by atoms with E-state index in [9.17, 15) is 0 Å². The molecule has 2 rings (SSSR count). The first-order chi connectivity index (χ1) is 7.65. The van der Waals surface area contributed by atoms with Crippen LogP contribution in [-0.4, -0.2) is 10.1 Å². The third-order valence-corrected chi connectivity index (χ3v) is 2.70. The summed E-state index contributed by atoms with van der Waals surface area (Å²) >= 11 is 3.46. The molecule has 16 heavy (non-hydrogen) atoms. The van der Waals surface area contributed by atoms with E-state index in [1.165, 1.54) is 0 Å². The smallest absolute Gasteiger partial charge is 0.140 e. The van der Waals surface area contributed by atoms with E-state index in [-0.39, 0.29) is 0 Å². The van der Waals surface area contributed by atoms with Gasteiger partial charge in [-0.25, -0.2) is 4.98 Å². The van der Waals surface area contributed by atoms with E-state index < -0.39 is 0 Å². The minimum Gasteiger partial charge on any atom is -0.363 e. The summed E-state index contributed by atoms with van der Waals surface area (Å²) < 4.78 is 5.93. The molecular weight excluding hydrogens is 270 g/mol. The SMILES string of the molecule is Cc1cnc(NCc2cc(C)on2)c(Br)c1. The molecule has 0 aliphatic heterocycles. The van der Waals surface area contributed by atoms with Crippen molar-refractivity contribution in [3.8, 4) is 0 Å². The predicted octanol–water partition coefficient (Wildman–Crippen LogP) is 3.06. The molecule has 0 atom stereocenters. The normalized spacial score (nSPS) is 10.4. The van der Waals surface area contributed by atoms with Crippen molar-refractivity contribution in [1.82, 2.24) is 10.1 Å². The van der Waals surface area contributed by atoms with Gasteiger partial charge in [0.1, 0.15) is 17.3 Å². The van der Waals surface area contributed by atoms with Gasteiger partial charge in [-0.2, -0.15) is 0 Å². The van der Waals surface area contributed by atoms with E-state index in [1.54, 1.807) is 0 Å². The van der Waals surface area contributed by atoms with Gasteiger partial charge < -0.3 is 9.84 Å². The summed E-state index contributed by atoms with van der Waals surface area (Å²) in [5.74, 6) is 1.62. The van der Waals surface area contributed by atoms with Crippen molar-refractivity contribution in [3.63, 3.8) is 0 Å². The summed E-state index contributed by atoms with van der Waals surface area (Å²) in [6.45, 7) is 4.48. The van der Waals surface area contributed by atoms with Gasteiger partial charge in [-0.1, -0.05) is 5.16 Å². The number of aromatic nitrogens is 2. The maximum Gasteiger partial charge on any atom is 0.140 e. The van der Waals surface area contributed by atoms with E-state index in [0.29, 0.717) is 6.54 Å². The summed E-state index contributed by atoms with van der Waals surface area (Å²) in [7, 11) is 0. The van der Waals surface area contributed by atoms with Gasteiger partial charge in [0.05, 0.1) is 11.0 Å². The largest absolute Gasteiger partial charge is 0.363 e. The van der Waals surface area contributed by atoms with Gasteiger partial charge in [0, 0.05) is 12.3 Å². The number of aryl methyl sites for hydroxylation is 2. The summed E-state index contributed by atoms with van der Waals surface area (Å²) in [4.78, 5) is 4.28. The zero-order chi connectivity index (χ0) is 11.5. The van der Waals surface area contributed by atoms with Crippen LogP contribution in [-0.2, 0) is 6.54 Å². The summed E-state index contributed by atoms with van der Waals surface area (Å²) in [6, 6.07) is 3.92. The Hall–Kier alpha value is -1.36. The highest BCUT2D eigenvalue weighted by atomic mass is 79.9. The first-order valence-corrected chi connectivity index (χ1v) is 5.72. The fraction of sp³-hybridized carbons (Fsp3) is 0.273. The molecule has 1 N–H and O–H groups in total. The number of anilines is 1. The summed E-state index contributed by atoms with van der Waals surface area (Å²) in [5, 5.41) is 7.09. The van der Waals surface area contributed by atoms with Gasteiger partial charge in [-0.15, -0.1) is 0 Å². The average molecular weight is 282 g/mol. The molecular formula is C11H12BrN3O. The Kier molecular flexibility index (Phi) is 3.24. The predicted molar refractivity (Wildman–Crippen MR) is 65.2 cm³/mol. The minimum absolute atomic E-state index is 0.603. The highest BCUT2D eigenvalue weighted by Crippen LogP contribution is 2.20. The van der Waals surface area contributed by atoms with Crippen LogP contribution in [0.4, 0.5) is 5.82 Å². The molecule has 0 saturated carbocycles. The van der Waals surface area contributed by atoms with Crippen molar-refractivity contribution >= 4 is 21.7 Å². The molecule has 0 spiro atoms. The van der Waals surface area contributed by atoms with Gasteiger partial charge in [0.15, 0.2) is 0 Å². The van der Waals surface area contributed by atoms with Gasteiger partial charge >= 0.3 is 0 Å². The lowest BCUT2D eigenvalue weighted by Crippen LogP contribution is -2.02. The maximum atomic E-state index is 4.98. The van der Waals surface area contributed by atoms with E-state index in [1.807, 2.05) is 32.2 Å². The zero-order valence-electron chi connectivity index (χ0n) is 9.12. The summed E-state index contributed by atoms with van der Waals surface area (Å²) in [5.41, 5.74) is 1.99. The average Bonchev–Trinajstić information content (AvgIpc) is 2.63. The third-order valence-electron chi connectivity index (χ3n) is 2.09. The van der Waals surface area contributed by atoms with E-state index in [2.05, 4.69) is 31.4 Å². The number of hydrogen-bond donors (Lipinski definition) is 1. The lowest BCUT2D eigenvalue weighted by Gasteiger charge is -2.05. The lowest BCUT2D eigenvalue weighted by atomic mass is 10.3. The van der Waals surface area contributed by atoms with Crippen LogP contribution in [0.3, 0.4) is 0 Å². The minimum atomic E-state index is 0.603. The van der Waals surface area contributed by atoms with E-state index in [0.717, 1.165) is 27.3 Å². The molecule has 2 aromatic heterocycles. The van der Waals surface area contributed by atoms with Crippen LogP contribution < -0.4 is 5.32 Å². The first kappa shape index (κ1) is 11.1. The fourth-order valence-electron chi connectivity index (χ4n) is 1.34. The molecule has 2 heterocycles. The maximum absolute atomic E-state index is 4.98. The van der Waals surface area contributed by atoms with Gasteiger partial charge in [0.25, 0.3) is 0 Å². The van der Waals surface area contributed by atoms with Crippen LogP contribution in [0.15, 0.2) is 27.3 Å². The van der Waals surface area contributed by atoms with Crippen molar-refractivity contribution in [2.45, 2.75) is 20.4 Å². The monoisotopic (exact) mass is 281 g/mol. The summed E-state index contributed by atoms with van der Waals surface area (Å²) in [6.07, 6.45) is 1.82. The number of nitrogens with one attached hydrogen (secondary N) is 1. The molecule has 4 nitrogen and oxygen atoms in total. The number of halogens is 1. The van der Waals surface area contributed by atoms with Crippen molar-refractivity contribution in [1.29, 1.82) is 0 Å². The Morgan fingerprint density at radius 1 is 1.38 bits per heavy atom. The molecule has 0 radical (unpaired) electrons. The van der Waals surface area contributed by atoms with Crippen LogP contribution >= 0.6 is 15.9 Å². The van der Waals surface area contributed by atoms with E-state index >= 15 is 0 Å². The molecule has 0 aliphatic rings. The Morgan fingerprint density at radius 2 is 2.19 bits per heavy atom. The Balaban J connectivity index is 2.04. The second-order valence-electron chi connectivity index (χ2n) is 3.63. The van der Waals surface area contributed by atoms with Crippen molar-refractivity contribution in [3.05, 3.63) is 39.8 Å². The van der Waals surface area contributed by atoms with Gasteiger partial charge in [-0.05, 0) is 41.4 Å². The second kappa shape index (κ2) is 4.65. The van der Waals surface area contributed by atoms with Crippen molar-refractivity contribution in [2.75, 3.05) is 5.32 Å². The van der Waals surface area contributed by atoms with Crippen LogP contribution in [0.25, 0.3) is 0 Å². The second-order valence-corrected chi connectivity index (χ2v) is 4.48. The number of hydrogen-bond acceptors (Lipinski definition) is 4. The van der Waals surface area contributed by atoms with Gasteiger partial charge in [0.2, 0.25) is 0 Å². The molecule has 0 fully saturated rings. The van der Waals surface area contributed by atoms with E-state index in [4.69, 9.17) is 4.52 Å². The number of pyridine rings is 1. The van der Waals surface area contributed by atoms with Crippen LogP contribution in [0.2, 0.25) is 0 Å². The number of nitrogens with zero attached hydrogens (tertiary/aromatic N) is 2. The molecule has 0 aromatic carbocycles. The lowest BCUT2D eigenvalue weighted by molar-refractivity contribution is 0.391. The first-order valence-electron chi connectivity index (χ1n) is 4.93. The highest BCUT2D eigenvalue weighted by Gasteiger charge is 2.03. The standard InChI is InChI=1S/C11H12BrN3O/c1-7-3-10(12)11(13-5-7)14-6-9-4-8(2)16-15-9/h3-5H,6H2,1-2H3,(H,13,14). The molecule has 5 heteroatoms. The quantitative estimate of drug-likeness (QED) is 0.940. The topological polar surface area (TPSA) is 51.0 Å². The molecule has 0 aliphatic carbocycles. The molecule has 0 unspecified atom stereocenters. The number of rotatable bonds is 3. The molecule has 2 aromatic rings. The van der Waals surface area contributed by atoms with Gasteiger partial charge in [-0.3, -0.25) is 0 Å². The van der Waals surface area contributed by atoms with Crippen molar-refractivity contribution < 1.29 is 4.52 Å². The zero-order valence-corrected chi connectivity index (χ0v) is 10.7.